The van der Waals surface area contributed by atoms with Gasteiger partial charge in [-0.15, -0.1) is 11.3 Å². The van der Waals surface area contributed by atoms with Crippen LogP contribution in [0.1, 0.15) is 28.8 Å². The first kappa shape index (κ1) is 23.8. The van der Waals surface area contributed by atoms with Gasteiger partial charge in [-0.3, -0.25) is 10.1 Å². The second-order valence-corrected chi connectivity index (χ2v) is 9.45. The van der Waals surface area contributed by atoms with Crippen molar-refractivity contribution < 1.29 is 14.3 Å². The number of ether oxygens (including phenoxy) is 1. The fourth-order valence-corrected chi connectivity index (χ4v) is 5.22. The van der Waals surface area contributed by atoms with Gasteiger partial charge in [0.05, 0.1) is 12.7 Å². The number of anilines is 1. The van der Waals surface area contributed by atoms with Crippen LogP contribution in [0.4, 0.5) is 9.80 Å². The van der Waals surface area contributed by atoms with Crippen LogP contribution in [0.2, 0.25) is 0 Å². The maximum absolute atomic E-state index is 13.1. The van der Waals surface area contributed by atoms with Gasteiger partial charge < -0.3 is 20.7 Å². The van der Waals surface area contributed by atoms with Crippen molar-refractivity contribution in [1.82, 2.24) is 10.2 Å². The molecule has 178 valence electrons. The van der Waals surface area contributed by atoms with Gasteiger partial charge in [0.25, 0.3) is 5.91 Å². The van der Waals surface area contributed by atoms with E-state index in [0.717, 1.165) is 55.1 Å². The maximum Gasteiger partial charge on any atom is 0.317 e. The van der Waals surface area contributed by atoms with Gasteiger partial charge in [-0.25, -0.2) is 4.79 Å². The SMILES string of the molecule is COc1ccc(-c2cc(C(=O)NC3CCN(CCc4ccccc4)CC3)c(NC(N)=O)s2)cc1. The number of hydrogen-bond donors (Lipinski definition) is 3. The van der Waals surface area contributed by atoms with E-state index in [1.165, 1.54) is 16.9 Å². The zero-order valence-electron chi connectivity index (χ0n) is 19.3. The second kappa shape index (κ2) is 11.2. The predicted octanol–water partition coefficient (Wildman–Crippen LogP) is 4.35. The molecule has 0 spiro atoms. The van der Waals surface area contributed by atoms with E-state index < -0.39 is 6.03 Å². The highest BCUT2D eigenvalue weighted by Crippen LogP contribution is 2.36. The Labute approximate surface area is 203 Å². The molecule has 2 heterocycles. The normalized spacial score (nSPS) is 14.5. The molecule has 1 fully saturated rings. The lowest BCUT2D eigenvalue weighted by atomic mass is 10.0. The Morgan fingerprint density at radius 1 is 1.09 bits per heavy atom. The summed E-state index contributed by atoms with van der Waals surface area (Å²) < 4.78 is 5.22. The lowest BCUT2D eigenvalue weighted by Gasteiger charge is -2.32. The molecule has 7 nitrogen and oxygen atoms in total. The van der Waals surface area contributed by atoms with Gasteiger partial charge in [0.15, 0.2) is 0 Å². The molecule has 0 aliphatic carbocycles. The molecule has 1 aromatic heterocycles. The number of amides is 3. The third-order valence-electron chi connectivity index (χ3n) is 6.07. The van der Waals surface area contributed by atoms with Crippen LogP contribution in [0, 0.1) is 0 Å². The van der Waals surface area contributed by atoms with E-state index in [4.69, 9.17) is 10.5 Å². The largest absolute Gasteiger partial charge is 0.497 e. The summed E-state index contributed by atoms with van der Waals surface area (Å²) in [6, 6.07) is 19.3. The molecular formula is C26H30N4O3S. The van der Waals surface area contributed by atoms with E-state index in [0.29, 0.717) is 10.6 Å². The number of carbonyl (C=O) groups is 2. The molecule has 0 saturated carbocycles. The molecule has 1 saturated heterocycles. The number of hydrogen-bond acceptors (Lipinski definition) is 5. The van der Waals surface area contributed by atoms with Crippen LogP contribution < -0.4 is 21.1 Å². The maximum atomic E-state index is 13.1. The van der Waals surface area contributed by atoms with Crippen LogP contribution in [0.15, 0.2) is 60.7 Å². The molecule has 1 aliphatic rings. The van der Waals surface area contributed by atoms with E-state index in [-0.39, 0.29) is 11.9 Å². The molecule has 0 atom stereocenters. The number of benzene rings is 2. The lowest BCUT2D eigenvalue weighted by molar-refractivity contribution is 0.0913. The molecule has 4 rings (SSSR count). The Balaban J connectivity index is 1.37. The third-order valence-corrected chi connectivity index (χ3v) is 7.17. The molecule has 34 heavy (non-hydrogen) atoms. The first-order valence-corrected chi connectivity index (χ1v) is 12.3. The van der Waals surface area contributed by atoms with Crippen LogP contribution in [0.3, 0.4) is 0 Å². The highest BCUT2D eigenvalue weighted by atomic mass is 32.1. The van der Waals surface area contributed by atoms with Crippen molar-refractivity contribution in [2.75, 3.05) is 32.1 Å². The number of piperidine rings is 1. The number of thiophene rings is 1. The number of methoxy groups -OCH3 is 1. The van der Waals surface area contributed by atoms with Gasteiger partial charge in [0, 0.05) is 30.6 Å². The molecule has 8 heteroatoms. The number of nitrogens with zero attached hydrogens (tertiary/aromatic N) is 1. The molecule has 0 radical (unpaired) electrons. The van der Waals surface area contributed by atoms with Gasteiger partial charge >= 0.3 is 6.03 Å². The highest BCUT2D eigenvalue weighted by molar-refractivity contribution is 7.20. The summed E-state index contributed by atoms with van der Waals surface area (Å²) in [7, 11) is 1.62. The molecule has 4 N–H and O–H groups in total. The minimum atomic E-state index is -0.691. The lowest BCUT2D eigenvalue weighted by Crippen LogP contribution is -2.45. The second-order valence-electron chi connectivity index (χ2n) is 8.40. The fourth-order valence-electron chi connectivity index (χ4n) is 4.16. The van der Waals surface area contributed by atoms with Crippen molar-refractivity contribution in [2.24, 2.45) is 5.73 Å². The van der Waals surface area contributed by atoms with Crippen LogP contribution in [0.5, 0.6) is 5.75 Å². The standard InChI is InChI=1S/C26H30N4O3S/c1-33-21-9-7-19(8-10-21)23-17-22(25(34-23)29-26(27)32)24(31)28-20-12-15-30(16-13-20)14-11-18-5-3-2-4-6-18/h2-10,17,20H,11-16H2,1H3,(H,28,31)(H3,27,29,32). The van der Waals surface area contributed by atoms with E-state index in [2.05, 4.69) is 39.8 Å². The summed E-state index contributed by atoms with van der Waals surface area (Å²) in [5, 5.41) is 6.22. The van der Waals surface area contributed by atoms with Gasteiger partial charge in [0.1, 0.15) is 10.8 Å². The van der Waals surface area contributed by atoms with Gasteiger partial charge in [0.2, 0.25) is 0 Å². The Hall–Kier alpha value is -3.36. The summed E-state index contributed by atoms with van der Waals surface area (Å²) in [6.45, 7) is 2.92. The topological polar surface area (TPSA) is 96.7 Å². The number of nitrogens with two attached hydrogens (primary N) is 1. The zero-order valence-corrected chi connectivity index (χ0v) is 20.1. The molecule has 3 aromatic rings. The predicted molar refractivity (Wildman–Crippen MR) is 137 cm³/mol. The fraction of sp³-hybridized carbons (Fsp3) is 0.308. The van der Waals surface area contributed by atoms with E-state index >= 15 is 0 Å². The minimum Gasteiger partial charge on any atom is -0.497 e. The molecule has 0 bridgehead atoms. The number of nitrogens with one attached hydrogen (secondary N) is 2. The minimum absolute atomic E-state index is 0.103. The van der Waals surface area contributed by atoms with Crippen molar-refractivity contribution in [1.29, 1.82) is 0 Å². The average molecular weight is 479 g/mol. The van der Waals surface area contributed by atoms with Crippen molar-refractivity contribution in [3.8, 4) is 16.2 Å². The summed E-state index contributed by atoms with van der Waals surface area (Å²) >= 11 is 1.33. The monoisotopic (exact) mass is 478 g/mol. The van der Waals surface area contributed by atoms with Gasteiger partial charge in [-0.2, -0.15) is 0 Å². The number of urea groups is 1. The van der Waals surface area contributed by atoms with E-state index in [1.54, 1.807) is 7.11 Å². The summed E-state index contributed by atoms with van der Waals surface area (Å²) in [5.41, 5.74) is 8.06. The Bertz CT molecular complexity index is 1110. The van der Waals surface area contributed by atoms with Crippen LogP contribution >= 0.6 is 11.3 Å². The van der Waals surface area contributed by atoms with Crippen LogP contribution in [-0.4, -0.2) is 49.6 Å². The number of rotatable bonds is 8. The zero-order chi connectivity index (χ0) is 23.9. The van der Waals surface area contributed by atoms with Crippen molar-refractivity contribution in [3.05, 3.63) is 71.8 Å². The summed E-state index contributed by atoms with van der Waals surface area (Å²) in [4.78, 5) is 28.0. The van der Waals surface area contributed by atoms with Gasteiger partial charge in [-0.1, -0.05) is 30.3 Å². The van der Waals surface area contributed by atoms with Crippen LogP contribution in [-0.2, 0) is 6.42 Å². The highest BCUT2D eigenvalue weighted by Gasteiger charge is 2.24. The first-order valence-electron chi connectivity index (χ1n) is 11.4. The van der Waals surface area contributed by atoms with Gasteiger partial charge in [-0.05, 0) is 60.7 Å². The molecule has 1 aliphatic heterocycles. The van der Waals surface area contributed by atoms with Crippen molar-refractivity contribution in [2.45, 2.75) is 25.3 Å². The number of carbonyl (C=O) groups excluding carboxylic acids is 2. The summed E-state index contributed by atoms with van der Waals surface area (Å²) in [5.74, 6) is 0.561. The number of primary amides is 1. The molecule has 2 aromatic carbocycles. The molecule has 0 unspecified atom stereocenters. The van der Waals surface area contributed by atoms with Crippen LogP contribution in [0.25, 0.3) is 10.4 Å². The first-order chi connectivity index (χ1) is 16.5. The Kier molecular flexibility index (Phi) is 7.82. The Morgan fingerprint density at radius 3 is 2.44 bits per heavy atom. The smallest absolute Gasteiger partial charge is 0.317 e. The summed E-state index contributed by atoms with van der Waals surface area (Å²) in [6.07, 6.45) is 2.83. The molecular weight excluding hydrogens is 448 g/mol. The number of likely N-dealkylation sites (tertiary alicyclic amines) is 1. The Morgan fingerprint density at radius 2 is 1.79 bits per heavy atom. The molecule has 3 amide bonds. The van der Waals surface area contributed by atoms with Crippen molar-refractivity contribution in [3.63, 3.8) is 0 Å². The van der Waals surface area contributed by atoms with Crippen molar-refractivity contribution >= 4 is 28.3 Å². The van der Waals surface area contributed by atoms with E-state index in [9.17, 15) is 9.59 Å². The average Bonchev–Trinajstić information content (AvgIpc) is 3.27. The quantitative estimate of drug-likeness (QED) is 0.448. The third kappa shape index (κ3) is 6.15. The van der Waals surface area contributed by atoms with E-state index in [1.807, 2.05) is 36.4 Å².